The standard InChI is InChI=1S/C17H25N3O/c1-13(2)14(3)20(4)11-7-10-17(21)19-16-9-6-5-8-15(16)12-18/h5-6,8-9,13-14H,7,10-11H2,1-4H3,(H,19,21). The minimum absolute atomic E-state index is 0.0386. The third kappa shape index (κ3) is 5.57. The molecule has 0 aliphatic rings. The molecule has 0 heterocycles. The average molecular weight is 287 g/mol. The molecule has 1 atom stereocenters. The summed E-state index contributed by atoms with van der Waals surface area (Å²) in [6.45, 7) is 7.50. The van der Waals surface area contributed by atoms with Gasteiger partial charge in [0.1, 0.15) is 6.07 Å². The van der Waals surface area contributed by atoms with E-state index in [2.05, 4.69) is 44.1 Å². The highest BCUT2D eigenvalue weighted by Gasteiger charge is 2.13. The highest BCUT2D eigenvalue weighted by atomic mass is 16.1. The molecule has 0 radical (unpaired) electrons. The summed E-state index contributed by atoms with van der Waals surface area (Å²) in [6.07, 6.45) is 1.28. The number of amides is 1. The Bertz CT molecular complexity index is 505. The maximum atomic E-state index is 11.9. The molecule has 0 bridgehead atoms. The molecule has 114 valence electrons. The van der Waals surface area contributed by atoms with Crippen LogP contribution >= 0.6 is 0 Å². The zero-order valence-corrected chi connectivity index (χ0v) is 13.4. The molecule has 1 aromatic carbocycles. The second kappa shape index (κ2) is 8.43. The maximum Gasteiger partial charge on any atom is 0.224 e. The Balaban J connectivity index is 2.40. The molecule has 1 rings (SSSR count). The van der Waals surface area contributed by atoms with E-state index in [1.807, 2.05) is 6.07 Å². The molecule has 4 heteroatoms. The first kappa shape index (κ1) is 17.2. The molecule has 0 aromatic heterocycles. The van der Waals surface area contributed by atoms with Gasteiger partial charge < -0.3 is 10.2 Å². The lowest BCUT2D eigenvalue weighted by molar-refractivity contribution is -0.116. The summed E-state index contributed by atoms with van der Waals surface area (Å²) in [5.74, 6) is 0.564. The van der Waals surface area contributed by atoms with Gasteiger partial charge in [-0.25, -0.2) is 0 Å². The number of anilines is 1. The number of hydrogen-bond donors (Lipinski definition) is 1. The van der Waals surface area contributed by atoms with E-state index in [1.165, 1.54) is 0 Å². The van der Waals surface area contributed by atoms with E-state index in [9.17, 15) is 4.79 Å². The molecule has 1 N–H and O–H groups in total. The van der Waals surface area contributed by atoms with Gasteiger partial charge in [0.15, 0.2) is 0 Å². The molecule has 0 fully saturated rings. The van der Waals surface area contributed by atoms with Crippen LogP contribution < -0.4 is 5.32 Å². The summed E-state index contributed by atoms with van der Waals surface area (Å²) in [6, 6.07) is 9.64. The van der Waals surface area contributed by atoms with Crippen LogP contribution in [-0.2, 0) is 4.79 Å². The molecule has 0 spiro atoms. The largest absolute Gasteiger partial charge is 0.325 e. The predicted octanol–water partition coefficient (Wildman–Crippen LogP) is 3.25. The summed E-state index contributed by atoms with van der Waals surface area (Å²) in [5, 5.41) is 11.8. The van der Waals surface area contributed by atoms with E-state index in [0.717, 1.165) is 13.0 Å². The van der Waals surface area contributed by atoms with Crippen LogP contribution in [0.3, 0.4) is 0 Å². The molecule has 1 unspecified atom stereocenters. The van der Waals surface area contributed by atoms with E-state index >= 15 is 0 Å². The van der Waals surface area contributed by atoms with Crippen molar-refractivity contribution in [3.8, 4) is 6.07 Å². The van der Waals surface area contributed by atoms with Gasteiger partial charge in [0.05, 0.1) is 11.3 Å². The monoisotopic (exact) mass is 287 g/mol. The molecular weight excluding hydrogens is 262 g/mol. The smallest absolute Gasteiger partial charge is 0.224 e. The zero-order valence-electron chi connectivity index (χ0n) is 13.4. The van der Waals surface area contributed by atoms with Crippen LogP contribution in [0.1, 0.15) is 39.2 Å². The Kier molecular flexibility index (Phi) is 6.90. The van der Waals surface area contributed by atoms with Crippen molar-refractivity contribution in [3.63, 3.8) is 0 Å². The molecule has 0 aliphatic heterocycles. The normalized spacial score (nSPS) is 12.2. The molecule has 0 saturated heterocycles. The Hall–Kier alpha value is -1.86. The Morgan fingerprint density at radius 1 is 1.33 bits per heavy atom. The second-order valence-corrected chi connectivity index (χ2v) is 5.77. The van der Waals surface area contributed by atoms with Gasteiger partial charge in [-0.05, 0) is 45.0 Å². The molecule has 4 nitrogen and oxygen atoms in total. The van der Waals surface area contributed by atoms with Crippen LogP contribution in [0.25, 0.3) is 0 Å². The van der Waals surface area contributed by atoms with Gasteiger partial charge in [-0.1, -0.05) is 26.0 Å². The molecule has 21 heavy (non-hydrogen) atoms. The van der Waals surface area contributed by atoms with Crippen molar-refractivity contribution in [2.24, 2.45) is 5.92 Å². The van der Waals surface area contributed by atoms with Crippen molar-refractivity contribution < 1.29 is 4.79 Å². The third-order valence-electron chi connectivity index (χ3n) is 3.90. The van der Waals surface area contributed by atoms with Crippen molar-refractivity contribution in [1.29, 1.82) is 5.26 Å². The molecule has 1 aromatic rings. The van der Waals surface area contributed by atoms with Gasteiger partial charge >= 0.3 is 0 Å². The summed E-state index contributed by atoms with van der Waals surface area (Å²) >= 11 is 0. The van der Waals surface area contributed by atoms with Crippen LogP contribution in [0, 0.1) is 17.2 Å². The number of rotatable bonds is 7. The number of hydrogen-bond acceptors (Lipinski definition) is 3. The van der Waals surface area contributed by atoms with Gasteiger partial charge in [-0.3, -0.25) is 4.79 Å². The van der Waals surface area contributed by atoms with E-state index in [0.29, 0.717) is 29.6 Å². The lowest BCUT2D eigenvalue weighted by Crippen LogP contribution is -2.34. The van der Waals surface area contributed by atoms with Gasteiger partial charge in [-0.15, -0.1) is 0 Å². The topological polar surface area (TPSA) is 56.1 Å². The number of nitrogens with one attached hydrogen (secondary N) is 1. The Labute approximate surface area is 127 Å². The fourth-order valence-corrected chi connectivity index (χ4v) is 2.10. The lowest BCUT2D eigenvalue weighted by Gasteiger charge is -2.27. The third-order valence-corrected chi connectivity index (χ3v) is 3.90. The zero-order chi connectivity index (χ0) is 15.8. The average Bonchev–Trinajstić information content (AvgIpc) is 2.46. The van der Waals surface area contributed by atoms with Crippen molar-refractivity contribution in [3.05, 3.63) is 29.8 Å². The van der Waals surface area contributed by atoms with Crippen LogP contribution in [0.4, 0.5) is 5.69 Å². The van der Waals surface area contributed by atoms with Crippen LogP contribution in [0.2, 0.25) is 0 Å². The quantitative estimate of drug-likeness (QED) is 0.837. The van der Waals surface area contributed by atoms with Gasteiger partial charge in [-0.2, -0.15) is 5.26 Å². The first-order valence-corrected chi connectivity index (χ1v) is 7.45. The fourth-order valence-electron chi connectivity index (χ4n) is 2.10. The summed E-state index contributed by atoms with van der Waals surface area (Å²) < 4.78 is 0. The summed E-state index contributed by atoms with van der Waals surface area (Å²) in [7, 11) is 2.09. The first-order valence-electron chi connectivity index (χ1n) is 7.45. The van der Waals surface area contributed by atoms with Crippen LogP contribution in [0.5, 0.6) is 0 Å². The minimum Gasteiger partial charge on any atom is -0.325 e. The lowest BCUT2D eigenvalue weighted by atomic mass is 10.1. The summed E-state index contributed by atoms with van der Waals surface area (Å²) in [4.78, 5) is 14.2. The fraction of sp³-hybridized carbons (Fsp3) is 0.529. The number of nitrogens with zero attached hydrogens (tertiary/aromatic N) is 2. The first-order chi connectivity index (χ1) is 9.95. The van der Waals surface area contributed by atoms with Gasteiger partial charge in [0.25, 0.3) is 0 Å². The van der Waals surface area contributed by atoms with Crippen molar-refractivity contribution in [1.82, 2.24) is 4.90 Å². The molecule has 0 saturated carbocycles. The van der Waals surface area contributed by atoms with Gasteiger partial charge in [0, 0.05) is 12.5 Å². The molecule has 1 amide bonds. The highest BCUT2D eigenvalue weighted by Crippen LogP contribution is 2.14. The van der Waals surface area contributed by atoms with E-state index < -0.39 is 0 Å². The highest BCUT2D eigenvalue weighted by molar-refractivity contribution is 5.92. The number of benzene rings is 1. The summed E-state index contributed by atoms with van der Waals surface area (Å²) in [5.41, 5.74) is 1.09. The van der Waals surface area contributed by atoms with Crippen molar-refractivity contribution in [2.75, 3.05) is 18.9 Å². The van der Waals surface area contributed by atoms with Crippen molar-refractivity contribution >= 4 is 11.6 Å². The SMILES string of the molecule is CC(C)C(C)N(C)CCCC(=O)Nc1ccccc1C#N. The number of carbonyl (C=O) groups excluding carboxylic acids is 1. The van der Waals surface area contributed by atoms with Gasteiger partial charge in [0.2, 0.25) is 5.91 Å². The second-order valence-electron chi connectivity index (χ2n) is 5.77. The number of carbonyl (C=O) groups is 1. The number of para-hydroxylation sites is 1. The molecule has 0 aliphatic carbocycles. The minimum atomic E-state index is -0.0386. The Morgan fingerprint density at radius 3 is 2.62 bits per heavy atom. The van der Waals surface area contributed by atoms with E-state index in [1.54, 1.807) is 18.2 Å². The van der Waals surface area contributed by atoms with Crippen LogP contribution in [0.15, 0.2) is 24.3 Å². The molecular formula is C17H25N3O. The van der Waals surface area contributed by atoms with Crippen LogP contribution in [-0.4, -0.2) is 30.4 Å². The Morgan fingerprint density at radius 2 is 2.00 bits per heavy atom. The number of nitriles is 1. The van der Waals surface area contributed by atoms with E-state index in [4.69, 9.17) is 5.26 Å². The maximum absolute atomic E-state index is 11.9. The van der Waals surface area contributed by atoms with E-state index in [-0.39, 0.29) is 5.91 Å². The predicted molar refractivity (Wildman–Crippen MR) is 86.0 cm³/mol. The van der Waals surface area contributed by atoms with Crippen molar-refractivity contribution in [2.45, 2.75) is 39.7 Å².